The van der Waals surface area contributed by atoms with Crippen LogP contribution in [-0.4, -0.2) is 35.5 Å². The zero-order valence-electron chi connectivity index (χ0n) is 13.2. The zero-order valence-corrected chi connectivity index (χ0v) is 14.0. The van der Waals surface area contributed by atoms with Crippen molar-refractivity contribution in [1.82, 2.24) is 0 Å². The van der Waals surface area contributed by atoms with Crippen molar-refractivity contribution in [2.75, 3.05) is 24.7 Å². The Morgan fingerprint density at radius 1 is 1.00 bits per heavy atom. The number of aliphatic imine (C=N–C) groups is 1. The Kier molecular flexibility index (Phi) is 14.4. The highest BCUT2D eigenvalue weighted by Gasteiger charge is 1.96. The van der Waals surface area contributed by atoms with Crippen molar-refractivity contribution in [2.24, 2.45) is 10.9 Å². The Hall–Kier alpha value is -0.0200. The van der Waals surface area contributed by atoms with Gasteiger partial charge >= 0.3 is 0 Å². The molecule has 0 saturated heterocycles. The first-order chi connectivity index (χ1) is 9.16. The van der Waals surface area contributed by atoms with Crippen LogP contribution >= 0.6 is 11.8 Å². The normalized spacial score (nSPS) is 12.4. The fraction of sp³-hybridized carbons (Fsp3) is 0.938. The number of aliphatic hydroxyl groups excluding tert-OH is 1. The Morgan fingerprint density at radius 3 is 2.26 bits per heavy atom. The van der Waals surface area contributed by atoms with Crippen molar-refractivity contribution < 1.29 is 5.11 Å². The fourth-order valence-electron chi connectivity index (χ4n) is 2.01. The fourth-order valence-corrected chi connectivity index (χ4v) is 3.03. The minimum absolute atomic E-state index is 0.345. The van der Waals surface area contributed by atoms with Gasteiger partial charge in [0.2, 0.25) is 0 Å². The first-order valence-electron chi connectivity index (χ1n) is 7.85. The van der Waals surface area contributed by atoms with Crippen LogP contribution in [0.5, 0.6) is 0 Å². The molecule has 0 aromatic heterocycles. The Balaban J connectivity index is 3.18. The van der Waals surface area contributed by atoms with E-state index in [0.717, 1.165) is 31.7 Å². The van der Waals surface area contributed by atoms with Gasteiger partial charge in [0.05, 0.1) is 0 Å². The average Bonchev–Trinajstić information content (AvgIpc) is 2.35. The molecule has 0 aliphatic carbocycles. The summed E-state index contributed by atoms with van der Waals surface area (Å²) in [5, 5.41) is 8.66. The van der Waals surface area contributed by atoms with Crippen LogP contribution < -0.4 is 0 Å². The number of aliphatic hydroxyl groups is 1. The number of nitrogens with zero attached hydrogens (tertiary/aromatic N) is 1. The molecular weight excluding hydrogens is 254 g/mol. The molecule has 0 aliphatic rings. The van der Waals surface area contributed by atoms with Crippen molar-refractivity contribution in [3.05, 3.63) is 0 Å². The second kappa shape index (κ2) is 14.4. The highest BCUT2D eigenvalue weighted by molar-refractivity contribution is 7.99. The molecule has 3 heteroatoms. The maximum Gasteiger partial charge on any atom is 0.0431 e. The lowest BCUT2D eigenvalue weighted by Crippen LogP contribution is -1.99. The summed E-state index contributed by atoms with van der Waals surface area (Å²) in [4.78, 5) is 4.62. The number of hydrogen-bond acceptors (Lipinski definition) is 3. The molecule has 1 N–H and O–H groups in total. The molecule has 0 unspecified atom stereocenters. The van der Waals surface area contributed by atoms with Gasteiger partial charge in [0.1, 0.15) is 0 Å². The molecule has 0 spiro atoms. The number of hydrogen-bond donors (Lipinski definition) is 1. The minimum atomic E-state index is 0.345. The van der Waals surface area contributed by atoms with Crippen LogP contribution in [0.15, 0.2) is 4.99 Å². The summed E-state index contributed by atoms with van der Waals surface area (Å²) in [7, 11) is 0. The van der Waals surface area contributed by atoms with Gasteiger partial charge < -0.3 is 5.11 Å². The van der Waals surface area contributed by atoms with Crippen LogP contribution in [0.2, 0.25) is 0 Å². The molecule has 0 saturated carbocycles. The van der Waals surface area contributed by atoms with Crippen molar-refractivity contribution in [1.29, 1.82) is 0 Å². The van der Waals surface area contributed by atoms with Crippen molar-refractivity contribution in [3.63, 3.8) is 0 Å². The molecule has 0 bridgehead atoms. The van der Waals surface area contributed by atoms with E-state index in [-0.39, 0.29) is 0 Å². The van der Waals surface area contributed by atoms with Gasteiger partial charge in [0, 0.05) is 18.9 Å². The third-order valence-electron chi connectivity index (χ3n) is 2.98. The summed E-state index contributed by atoms with van der Waals surface area (Å²) in [6.45, 7) is 8.01. The molecule has 2 nitrogen and oxygen atoms in total. The van der Waals surface area contributed by atoms with E-state index in [0.29, 0.717) is 6.61 Å². The maximum atomic E-state index is 8.66. The van der Waals surface area contributed by atoms with E-state index in [4.69, 9.17) is 5.11 Å². The van der Waals surface area contributed by atoms with Crippen molar-refractivity contribution >= 4 is 17.5 Å². The molecule has 0 aromatic rings. The molecule has 19 heavy (non-hydrogen) atoms. The molecule has 0 radical (unpaired) electrons. The first-order valence-corrected chi connectivity index (χ1v) is 9.00. The Bertz CT molecular complexity index is 217. The van der Waals surface area contributed by atoms with Gasteiger partial charge in [-0.1, -0.05) is 26.7 Å². The van der Waals surface area contributed by atoms with Crippen LogP contribution in [-0.2, 0) is 0 Å². The quantitative estimate of drug-likeness (QED) is 0.398. The summed E-state index contributed by atoms with van der Waals surface area (Å²) in [5.74, 6) is 3.21. The van der Waals surface area contributed by atoms with Crippen molar-refractivity contribution in [2.45, 2.75) is 65.7 Å². The molecule has 0 rings (SSSR count). The third-order valence-corrected chi connectivity index (χ3v) is 4.13. The highest BCUT2D eigenvalue weighted by atomic mass is 32.2. The molecule has 0 atom stereocenters. The van der Waals surface area contributed by atoms with E-state index < -0.39 is 0 Å². The molecular formula is C16H33NOS. The Morgan fingerprint density at radius 2 is 1.63 bits per heavy atom. The van der Waals surface area contributed by atoms with Crippen LogP contribution in [0.4, 0.5) is 0 Å². The SMILES string of the molecule is CC(CC(C)C)=NCCCCCCSCCCCO. The van der Waals surface area contributed by atoms with Crippen LogP contribution in [0.1, 0.15) is 65.7 Å². The highest BCUT2D eigenvalue weighted by Crippen LogP contribution is 2.10. The predicted molar refractivity (Wildman–Crippen MR) is 89.5 cm³/mol. The lowest BCUT2D eigenvalue weighted by molar-refractivity contribution is 0.287. The zero-order chi connectivity index (χ0) is 14.3. The summed E-state index contributed by atoms with van der Waals surface area (Å²) in [6, 6.07) is 0. The predicted octanol–water partition coefficient (Wildman–Crippen LogP) is 4.56. The van der Waals surface area contributed by atoms with Crippen LogP contribution in [0.25, 0.3) is 0 Å². The van der Waals surface area contributed by atoms with E-state index in [1.807, 2.05) is 11.8 Å². The molecule has 0 heterocycles. The Labute approximate surface area is 124 Å². The van der Waals surface area contributed by atoms with Gasteiger partial charge in [-0.05, 0) is 56.5 Å². The first kappa shape index (κ1) is 19.0. The van der Waals surface area contributed by atoms with E-state index in [9.17, 15) is 0 Å². The van der Waals surface area contributed by atoms with E-state index in [1.165, 1.54) is 42.9 Å². The summed E-state index contributed by atoms with van der Waals surface area (Å²) in [5.41, 5.74) is 1.31. The number of unbranched alkanes of at least 4 members (excludes halogenated alkanes) is 4. The molecule has 0 aliphatic heterocycles. The average molecular weight is 288 g/mol. The smallest absolute Gasteiger partial charge is 0.0431 e. The molecule has 114 valence electrons. The second-order valence-electron chi connectivity index (χ2n) is 5.67. The molecule has 0 fully saturated rings. The third kappa shape index (κ3) is 15.9. The number of thioether (sulfide) groups is 1. The summed E-state index contributed by atoms with van der Waals surface area (Å²) < 4.78 is 0. The number of rotatable bonds is 13. The standard InChI is InChI=1S/C16H33NOS/c1-15(2)14-16(3)17-10-6-4-5-8-12-19-13-9-7-11-18/h15,18H,4-14H2,1-3H3. The lowest BCUT2D eigenvalue weighted by Gasteiger charge is -2.04. The minimum Gasteiger partial charge on any atom is -0.396 e. The van der Waals surface area contributed by atoms with E-state index in [2.05, 4.69) is 25.8 Å². The van der Waals surface area contributed by atoms with Crippen LogP contribution in [0, 0.1) is 5.92 Å². The topological polar surface area (TPSA) is 32.6 Å². The maximum absolute atomic E-state index is 8.66. The van der Waals surface area contributed by atoms with Gasteiger partial charge in [-0.3, -0.25) is 4.99 Å². The lowest BCUT2D eigenvalue weighted by atomic mass is 10.1. The van der Waals surface area contributed by atoms with E-state index in [1.54, 1.807) is 0 Å². The van der Waals surface area contributed by atoms with Gasteiger partial charge in [0.25, 0.3) is 0 Å². The van der Waals surface area contributed by atoms with Gasteiger partial charge in [-0.2, -0.15) is 11.8 Å². The van der Waals surface area contributed by atoms with E-state index >= 15 is 0 Å². The van der Waals surface area contributed by atoms with Crippen molar-refractivity contribution in [3.8, 4) is 0 Å². The van der Waals surface area contributed by atoms with Gasteiger partial charge in [-0.25, -0.2) is 0 Å². The summed E-state index contributed by atoms with van der Waals surface area (Å²) in [6.07, 6.45) is 8.49. The largest absolute Gasteiger partial charge is 0.396 e. The van der Waals surface area contributed by atoms with Gasteiger partial charge in [0.15, 0.2) is 0 Å². The van der Waals surface area contributed by atoms with Crippen LogP contribution in [0.3, 0.4) is 0 Å². The monoisotopic (exact) mass is 287 g/mol. The van der Waals surface area contributed by atoms with Gasteiger partial charge in [-0.15, -0.1) is 0 Å². The molecule has 0 amide bonds. The summed E-state index contributed by atoms with van der Waals surface area (Å²) >= 11 is 2.03. The molecule has 0 aromatic carbocycles. The second-order valence-corrected chi connectivity index (χ2v) is 6.90.